The molecule has 1 N–H and O–H groups in total. The molecule has 29 heavy (non-hydrogen) atoms. The molecule has 158 valence electrons. The molecule has 3 heterocycles. The van der Waals surface area contributed by atoms with Crippen LogP contribution in [0.3, 0.4) is 0 Å². The van der Waals surface area contributed by atoms with Crippen molar-refractivity contribution in [3.8, 4) is 0 Å². The molecule has 0 spiro atoms. The van der Waals surface area contributed by atoms with E-state index in [-0.39, 0.29) is 24.0 Å². The molecule has 0 amide bonds. The van der Waals surface area contributed by atoms with Crippen molar-refractivity contribution in [2.45, 2.75) is 39.7 Å². The Hall–Kier alpha value is -2.17. The van der Waals surface area contributed by atoms with E-state index in [1.54, 1.807) is 0 Å². The molecule has 0 saturated carbocycles. The van der Waals surface area contributed by atoms with E-state index in [0.717, 1.165) is 42.6 Å². The van der Waals surface area contributed by atoms with E-state index in [1.807, 2.05) is 40.5 Å². The van der Waals surface area contributed by atoms with Gasteiger partial charge in [0.1, 0.15) is 5.82 Å². The lowest BCUT2D eigenvalue weighted by Gasteiger charge is -2.22. The van der Waals surface area contributed by atoms with Crippen LogP contribution in [0.15, 0.2) is 35.6 Å². The van der Waals surface area contributed by atoms with Gasteiger partial charge in [-0.15, -0.1) is 34.2 Å². The summed E-state index contributed by atoms with van der Waals surface area (Å²) < 4.78 is 3.90. The molecule has 0 aliphatic rings. The molecule has 0 atom stereocenters. The number of nitrogens with zero attached hydrogens (tertiary/aromatic N) is 7. The van der Waals surface area contributed by atoms with E-state index in [1.165, 1.54) is 5.56 Å². The van der Waals surface area contributed by atoms with Gasteiger partial charge in [-0.05, 0) is 25.0 Å². The number of aromatic nitrogens is 5. The van der Waals surface area contributed by atoms with Crippen LogP contribution in [0.1, 0.15) is 43.8 Å². The molecule has 0 radical (unpaired) electrons. The average Bonchev–Trinajstić information content (AvgIpc) is 3.24. The molecule has 0 aliphatic heterocycles. The van der Waals surface area contributed by atoms with Crippen LogP contribution in [0.5, 0.6) is 0 Å². The van der Waals surface area contributed by atoms with E-state index < -0.39 is 0 Å². The summed E-state index contributed by atoms with van der Waals surface area (Å²) in [6.07, 6.45) is 4.82. The molecule has 0 fully saturated rings. The minimum absolute atomic E-state index is 0. The zero-order chi connectivity index (χ0) is 20.1. The molecule has 3 rings (SSSR count). The van der Waals surface area contributed by atoms with Gasteiger partial charge in [0.05, 0.1) is 5.69 Å². The summed E-state index contributed by atoms with van der Waals surface area (Å²) >= 11 is 0. The maximum atomic E-state index is 4.80. The monoisotopic (exact) mass is 510 g/mol. The second-order valence-corrected chi connectivity index (χ2v) is 7.25. The van der Waals surface area contributed by atoms with Gasteiger partial charge in [0.15, 0.2) is 11.6 Å². The van der Waals surface area contributed by atoms with Gasteiger partial charge in [-0.1, -0.05) is 19.9 Å². The average molecular weight is 510 g/mol. The van der Waals surface area contributed by atoms with Gasteiger partial charge in [-0.25, -0.2) is 0 Å². The first-order chi connectivity index (χ1) is 13.5. The highest BCUT2D eigenvalue weighted by Crippen LogP contribution is 2.18. The second-order valence-electron chi connectivity index (χ2n) is 7.25. The largest absolute Gasteiger partial charge is 0.357 e. The van der Waals surface area contributed by atoms with Crippen LogP contribution in [0.4, 0.5) is 0 Å². The van der Waals surface area contributed by atoms with Crippen molar-refractivity contribution in [2.24, 2.45) is 12.0 Å². The predicted molar refractivity (Wildman–Crippen MR) is 127 cm³/mol. The van der Waals surface area contributed by atoms with E-state index >= 15 is 0 Å². The Balaban J connectivity index is 0.00000300. The smallest absolute Gasteiger partial charge is 0.193 e. The second kappa shape index (κ2) is 10.6. The Bertz CT molecular complexity index is 943. The number of hydrogen-bond donors (Lipinski definition) is 1. The number of hydrogen-bond acceptors (Lipinski definition) is 4. The molecule has 0 aromatic carbocycles. The fraction of sp³-hybridized carbons (Fsp3) is 0.500. The number of rotatable bonds is 7. The third kappa shape index (κ3) is 5.68. The molecular weight excluding hydrogens is 479 g/mol. The first kappa shape index (κ1) is 23.1. The number of halogens is 1. The van der Waals surface area contributed by atoms with Gasteiger partial charge in [-0.2, -0.15) is 5.10 Å². The summed E-state index contributed by atoms with van der Waals surface area (Å²) in [6.45, 7) is 8.66. The Labute approximate surface area is 189 Å². The highest BCUT2D eigenvalue weighted by molar-refractivity contribution is 14.0. The molecule has 3 aromatic heterocycles. The fourth-order valence-corrected chi connectivity index (χ4v) is 3.29. The summed E-state index contributed by atoms with van der Waals surface area (Å²) in [7, 11) is 4.03. The molecule has 8 nitrogen and oxygen atoms in total. The van der Waals surface area contributed by atoms with Crippen LogP contribution in [-0.4, -0.2) is 55.4 Å². The molecule has 0 aliphatic carbocycles. The zero-order valence-corrected chi connectivity index (χ0v) is 20.2. The molecule has 0 unspecified atom stereocenters. The molecule has 0 saturated heterocycles. The molecular formula is C20H31IN8. The van der Waals surface area contributed by atoms with Gasteiger partial charge in [0, 0.05) is 58.1 Å². The SMILES string of the molecule is CCNC(=NCCc1nnc2ccccn12)N(C)Cc1cn(C)nc1C(C)C.I. The Morgan fingerprint density at radius 1 is 1.28 bits per heavy atom. The maximum Gasteiger partial charge on any atom is 0.193 e. The van der Waals surface area contributed by atoms with E-state index in [9.17, 15) is 0 Å². The Morgan fingerprint density at radius 2 is 2.07 bits per heavy atom. The number of fused-ring (bicyclic) bond motifs is 1. The summed E-state index contributed by atoms with van der Waals surface area (Å²) in [4.78, 5) is 6.94. The van der Waals surface area contributed by atoms with Crippen LogP contribution in [-0.2, 0) is 20.0 Å². The first-order valence-corrected chi connectivity index (χ1v) is 9.80. The van der Waals surface area contributed by atoms with Crippen LogP contribution in [0.25, 0.3) is 5.65 Å². The Morgan fingerprint density at radius 3 is 2.79 bits per heavy atom. The van der Waals surface area contributed by atoms with Crippen molar-refractivity contribution in [1.29, 1.82) is 0 Å². The van der Waals surface area contributed by atoms with Crippen molar-refractivity contribution in [2.75, 3.05) is 20.1 Å². The van der Waals surface area contributed by atoms with Crippen LogP contribution >= 0.6 is 24.0 Å². The topological polar surface area (TPSA) is 75.6 Å². The summed E-state index contributed by atoms with van der Waals surface area (Å²) in [5.41, 5.74) is 3.23. The minimum atomic E-state index is 0. The predicted octanol–water partition coefficient (Wildman–Crippen LogP) is 2.84. The fourth-order valence-electron chi connectivity index (χ4n) is 3.29. The van der Waals surface area contributed by atoms with E-state index in [2.05, 4.69) is 59.5 Å². The number of pyridine rings is 1. The summed E-state index contributed by atoms with van der Waals surface area (Å²) in [6, 6.07) is 5.91. The van der Waals surface area contributed by atoms with Gasteiger partial charge >= 0.3 is 0 Å². The quantitative estimate of drug-likeness (QED) is 0.301. The summed E-state index contributed by atoms with van der Waals surface area (Å²) in [5.74, 6) is 2.20. The maximum absolute atomic E-state index is 4.80. The number of guanidine groups is 1. The van der Waals surface area contributed by atoms with Crippen molar-refractivity contribution < 1.29 is 0 Å². The molecule has 9 heteroatoms. The normalized spacial score (nSPS) is 11.7. The molecule has 0 bridgehead atoms. The lowest BCUT2D eigenvalue weighted by Crippen LogP contribution is -2.38. The van der Waals surface area contributed by atoms with Crippen LogP contribution < -0.4 is 5.32 Å². The van der Waals surface area contributed by atoms with Crippen LogP contribution in [0.2, 0.25) is 0 Å². The Kier molecular flexibility index (Phi) is 8.42. The zero-order valence-electron chi connectivity index (χ0n) is 17.8. The molecule has 3 aromatic rings. The highest BCUT2D eigenvalue weighted by atomic mass is 127. The number of nitrogens with one attached hydrogen (secondary N) is 1. The standard InChI is InChI=1S/C20H30N8.HI/c1-6-21-20(26(4)13-16-14-27(5)25-19(16)15(2)3)22-11-10-18-24-23-17-9-7-8-12-28(17)18;/h7-9,12,14-15H,6,10-11,13H2,1-5H3,(H,21,22);1H. The minimum Gasteiger partial charge on any atom is -0.357 e. The van der Waals surface area contributed by atoms with Gasteiger partial charge in [-0.3, -0.25) is 14.1 Å². The number of aryl methyl sites for hydroxylation is 1. The number of aliphatic imine (C=N–C) groups is 1. The van der Waals surface area contributed by atoms with Crippen molar-refractivity contribution in [3.05, 3.63) is 47.7 Å². The van der Waals surface area contributed by atoms with Gasteiger partial charge in [0.25, 0.3) is 0 Å². The van der Waals surface area contributed by atoms with Crippen LogP contribution in [0, 0.1) is 0 Å². The van der Waals surface area contributed by atoms with E-state index in [0.29, 0.717) is 12.5 Å². The lowest BCUT2D eigenvalue weighted by molar-refractivity contribution is 0.473. The third-order valence-corrected chi connectivity index (χ3v) is 4.57. The van der Waals surface area contributed by atoms with Crippen molar-refractivity contribution in [3.63, 3.8) is 0 Å². The van der Waals surface area contributed by atoms with Gasteiger partial charge in [0.2, 0.25) is 0 Å². The lowest BCUT2D eigenvalue weighted by atomic mass is 10.1. The van der Waals surface area contributed by atoms with Gasteiger partial charge < -0.3 is 10.2 Å². The summed E-state index contributed by atoms with van der Waals surface area (Å²) in [5, 5.41) is 16.5. The first-order valence-electron chi connectivity index (χ1n) is 9.80. The van der Waals surface area contributed by atoms with Crippen molar-refractivity contribution >= 4 is 35.6 Å². The third-order valence-electron chi connectivity index (χ3n) is 4.57. The van der Waals surface area contributed by atoms with E-state index in [4.69, 9.17) is 4.99 Å². The highest BCUT2D eigenvalue weighted by Gasteiger charge is 2.15. The van der Waals surface area contributed by atoms with Crippen molar-refractivity contribution in [1.82, 2.24) is 34.6 Å².